The number of para-hydroxylation sites is 3. The largest absolute Gasteiger partial charge is 0.310 e. The van der Waals surface area contributed by atoms with Gasteiger partial charge >= 0.3 is 0 Å². The van der Waals surface area contributed by atoms with Crippen LogP contribution in [-0.2, 0) is 10.8 Å². The molecule has 0 saturated carbocycles. The monoisotopic (exact) mass is 766 g/mol. The van der Waals surface area contributed by atoms with Gasteiger partial charge in [0.05, 0.1) is 16.8 Å². The highest BCUT2D eigenvalue weighted by Gasteiger charge is 2.52. The number of rotatable bonds is 6. The normalized spacial score (nSPS) is 16.0. The van der Waals surface area contributed by atoms with Crippen molar-refractivity contribution in [1.29, 1.82) is 0 Å². The fourth-order valence-electron chi connectivity index (χ4n) is 10.8. The number of hydrogen-bond donors (Lipinski definition) is 0. The van der Waals surface area contributed by atoms with Crippen molar-refractivity contribution in [3.05, 3.63) is 252 Å². The van der Waals surface area contributed by atoms with Gasteiger partial charge in [0.2, 0.25) is 0 Å². The summed E-state index contributed by atoms with van der Waals surface area (Å²) in [6.45, 7) is 4.71. The average Bonchev–Trinajstić information content (AvgIpc) is 3.74. The van der Waals surface area contributed by atoms with Crippen LogP contribution in [0.3, 0.4) is 0 Å². The van der Waals surface area contributed by atoms with Crippen molar-refractivity contribution in [2.45, 2.75) is 24.7 Å². The molecule has 1 aliphatic heterocycles. The molecular weight excluding hydrogens is 725 g/mol. The van der Waals surface area contributed by atoms with E-state index in [1.54, 1.807) is 0 Å². The molecule has 60 heavy (non-hydrogen) atoms. The number of hydrogen-bond acceptors (Lipinski definition) is 2. The molecule has 0 aromatic heterocycles. The molecule has 9 aromatic carbocycles. The van der Waals surface area contributed by atoms with Gasteiger partial charge in [-0.05, 0) is 128 Å². The minimum atomic E-state index is -0.495. The van der Waals surface area contributed by atoms with E-state index in [1.165, 1.54) is 78.1 Å². The van der Waals surface area contributed by atoms with Crippen molar-refractivity contribution in [2.75, 3.05) is 9.80 Å². The van der Waals surface area contributed by atoms with E-state index in [4.69, 9.17) is 0 Å². The van der Waals surface area contributed by atoms with Crippen LogP contribution in [0.5, 0.6) is 0 Å². The maximum Gasteiger partial charge on any atom is 0.0754 e. The van der Waals surface area contributed by atoms with E-state index in [1.807, 2.05) is 0 Å². The summed E-state index contributed by atoms with van der Waals surface area (Å²) in [5.41, 5.74) is 22.1. The van der Waals surface area contributed by atoms with Crippen LogP contribution >= 0.6 is 0 Å². The first-order chi connectivity index (χ1) is 29.5. The molecule has 284 valence electrons. The summed E-state index contributed by atoms with van der Waals surface area (Å²) >= 11 is 0. The maximum absolute atomic E-state index is 2.48. The van der Waals surface area contributed by atoms with E-state index < -0.39 is 5.41 Å². The molecule has 2 nitrogen and oxygen atoms in total. The molecule has 0 spiro atoms. The van der Waals surface area contributed by atoms with Gasteiger partial charge in [0, 0.05) is 33.7 Å². The van der Waals surface area contributed by atoms with Crippen LogP contribution in [0.2, 0.25) is 0 Å². The third-order valence-corrected chi connectivity index (χ3v) is 13.4. The fourth-order valence-corrected chi connectivity index (χ4v) is 10.8. The van der Waals surface area contributed by atoms with Gasteiger partial charge in [-0.2, -0.15) is 0 Å². The SMILES string of the molecule is CC1(C)c2ccccc2-c2ccc(N(c3ccccc3)c3ccc(-c4ccc5c(c4)C4(c6ccccc6)c6ccccc6N(c6ccccc6)c6cccc-5c64)cc3)cc21. The molecule has 0 bridgehead atoms. The Labute approximate surface area is 352 Å². The molecule has 0 radical (unpaired) electrons. The summed E-state index contributed by atoms with van der Waals surface area (Å²) in [4.78, 5) is 4.85. The van der Waals surface area contributed by atoms with Crippen molar-refractivity contribution in [3.8, 4) is 33.4 Å². The van der Waals surface area contributed by atoms with Crippen LogP contribution in [0.4, 0.5) is 34.1 Å². The summed E-state index contributed by atoms with van der Waals surface area (Å²) in [5, 5.41) is 0. The quantitative estimate of drug-likeness (QED) is 0.166. The van der Waals surface area contributed by atoms with Gasteiger partial charge < -0.3 is 9.80 Å². The van der Waals surface area contributed by atoms with E-state index >= 15 is 0 Å². The van der Waals surface area contributed by atoms with Gasteiger partial charge in [0.15, 0.2) is 0 Å². The fraction of sp³-hybridized carbons (Fsp3) is 0.0690. The molecule has 1 unspecified atom stereocenters. The highest BCUT2D eigenvalue weighted by Crippen LogP contribution is 2.65. The first kappa shape index (κ1) is 34.6. The molecule has 2 aliphatic carbocycles. The number of benzene rings is 9. The Morgan fingerprint density at radius 3 is 1.70 bits per heavy atom. The third-order valence-electron chi connectivity index (χ3n) is 13.4. The lowest BCUT2D eigenvalue weighted by Crippen LogP contribution is -2.35. The second-order valence-corrected chi connectivity index (χ2v) is 16.9. The third kappa shape index (κ3) is 4.82. The Hall–Kier alpha value is -7.42. The molecule has 0 saturated heterocycles. The van der Waals surface area contributed by atoms with Crippen LogP contribution < -0.4 is 9.80 Å². The molecule has 1 heterocycles. The van der Waals surface area contributed by atoms with Crippen LogP contribution in [0.15, 0.2) is 218 Å². The number of fused-ring (bicyclic) bond motifs is 8. The predicted molar refractivity (Wildman–Crippen MR) is 250 cm³/mol. The lowest BCUT2D eigenvalue weighted by Gasteiger charge is -2.44. The zero-order chi connectivity index (χ0) is 40.0. The lowest BCUT2D eigenvalue weighted by atomic mass is 9.64. The molecule has 9 aromatic rings. The molecule has 2 heteroatoms. The second kappa shape index (κ2) is 13.0. The minimum Gasteiger partial charge on any atom is -0.310 e. The van der Waals surface area contributed by atoms with Gasteiger partial charge in [0.25, 0.3) is 0 Å². The molecule has 12 rings (SSSR count). The van der Waals surface area contributed by atoms with Crippen LogP contribution in [0, 0.1) is 0 Å². The molecule has 0 amide bonds. The summed E-state index contributed by atoms with van der Waals surface area (Å²) in [6, 6.07) is 80.9. The summed E-state index contributed by atoms with van der Waals surface area (Å²) in [5.74, 6) is 0. The highest BCUT2D eigenvalue weighted by atomic mass is 15.2. The van der Waals surface area contributed by atoms with Gasteiger partial charge in [-0.1, -0.05) is 166 Å². The van der Waals surface area contributed by atoms with Crippen molar-refractivity contribution in [2.24, 2.45) is 0 Å². The summed E-state index contributed by atoms with van der Waals surface area (Å²) in [7, 11) is 0. The zero-order valence-corrected chi connectivity index (χ0v) is 33.7. The second-order valence-electron chi connectivity index (χ2n) is 16.9. The summed E-state index contributed by atoms with van der Waals surface area (Å²) < 4.78 is 0. The predicted octanol–water partition coefficient (Wildman–Crippen LogP) is 15.3. The van der Waals surface area contributed by atoms with Crippen LogP contribution in [-0.4, -0.2) is 0 Å². The zero-order valence-electron chi connectivity index (χ0n) is 33.7. The molecule has 3 aliphatic rings. The van der Waals surface area contributed by atoms with E-state index in [-0.39, 0.29) is 5.41 Å². The molecule has 0 fully saturated rings. The average molecular weight is 767 g/mol. The minimum absolute atomic E-state index is 0.0854. The van der Waals surface area contributed by atoms with Crippen molar-refractivity contribution in [1.82, 2.24) is 0 Å². The Morgan fingerprint density at radius 1 is 0.367 bits per heavy atom. The smallest absolute Gasteiger partial charge is 0.0754 e. The standard InChI is InChI=1S/C58H42N2/c1-57(2)50-25-13-12-23-46(50)47-36-34-45(38-52(47)57)59(42-19-8-4-9-20-42)44-32-29-39(30-33-44)40-31-35-48-49-24-16-28-55-56(49)58(53(48)37-40,41-17-6-3-7-18-41)51-26-14-15-27-54(51)60(55)43-21-10-5-11-22-43/h3-38H,1-2H3. The van der Waals surface area contributed by atoms with E-state index in [0.29, 0.717) is 0 Å². The Balaban J connectivity index is 1.00. The first-order valence-corrected chi connectivity index (χ1v) is 21.0. The van der Waals surface area contributed by atoms with Gasteiger partial charge in [-0.15, -0.1) is 0 Å². The van der Waals surface area contributed by atoms with E-state index in [2.05, 4.69) is 242 Å². The van der Waals surface area contributed by atoms with Crippen LogP contribution in [0.1, 0.15) is 47.2 Å². The Morgan fingerprint density at radius 2 is 0.917 bits per heavy atom. The number of anilines is 6. The molecular formula is C58H42N2. The Bertz CT molecular complexity index is 3110. The van der Waals surface area contributed by atoms with Crippen molar-refractivity contribution in [3.63, 3.8) is 0 Å². The number of nitrogens with zero attached hydrogens (tertiary/aromatic N) is 2. The maximum atomic E-state index is 2.48. The highest BCUT2D eigenvalue weighted by molar-refractivity contribution is 6.00. The van der Waals surface area contributed by atoms with Crippen molar-refractivity contribution < 1.29 is 0 Å². The molecule has 0 N–H and O–H groups in total. The van der Waals surface area contributed by atoms with E-state index in [0.717, 1.165) is 22.7 Å². The van der Waals surface area contributed by atoms with E-state index in [9.17, 15) is 0 Å². The van der Waals surface area contributed by atoms with Crippen molar-refractivity contribution >= 4 is 34.1 Å². The van der Waals surface area contributed by atoms with Crippen LogP contribution in [0.25, 0.3) is 33.4 Å². The van der Waals surface area contributed by atoms with Gasteiger partial charge in [-0.3, -0.25) is 0 Å². The summed E-state index contributed by atoms with van der Waals surface area (Å²) in [6.07, 6.45) is 0. The Kier molecular flexibility index (Phi) is 7.52. The topological polar surface area (TPSA) is 6.48 Å². The van der Waals surface area contributed by atoms with Gasteiger partial charge in [-0.25, -0.2) is 0 Å². The van der Waals surface area contributed by atoms with Gasteiger partial charge in [0.1, 0.15) is 0 Å². The first-order valence-electron chi connectivity index (χ1n) is 21.0. The lowest BCUT2D eigenvalue weighted by molar-refractivity contribution is 0.660. The molecule has 1 atom stereocenters.